The molecule has 2 atom stereocenters. The van der Waals surface area contributed by atoms with Crippen molar-refractivity contribution in [2.45, 2.75) is 26.0 Å². The highest BCUT2D eigenvalue weighted by Gasteiger charge is 2.09. The lowest BCUT2D eigenvalue weighted by Gasteiger charge is -2.19. The van der Waals surface area contributed by atoms with Crippen molar-refractivity contribution in [3.63, 3.8) is 0 Å². The number of nitrogens with one attached hydrogen (secondary N) is 2. The minimum atomic E-state index is -0.361. The Labute approximate surface area is 85.2 Å². The molecule has 0 aliphatic heterocycles. The molecule has 78 valence electrons. The van der Waals surface area contributed by atoms with Crippen LogP contribution >= 0.6 is 0 Å². The van der Waals surface area contributed by atoms with Crippen LogP contribution in [0.1, 0.15) is 13.8 Å². The van der Waals surface area contributed by atoms with E-state index in [9.17, 15) is 5.11 Å². The maximum absolute atomic E-state index is 9.36. The Morgan fingerprint density at radius 2 is 1.71 bits per heavy atom. The third-order valence-electron chi connectivity index (χ3n) is 2.30. The summed E-state index contributed by atoms with van der Waals surface area (Å²) < 4.78 is 0. The van der Waals surface area contributed by atoms with Gasteiger partial charge in [-0.2, -0.15) is 0 Å². The number of hydrogen-bond donors (Lipinski definition) is 3. The molecule has 0 aromatic heterocycles. The lowest BCUT2D eigenvalue weighted by molar-refractivity contribution is 0.178. The Bertz CT molecular complexity index is 286. The third-order valence-corrected chi connectivity index (χ3v) is 2.30. The van der Waals surface area contributed by atoms with Gasteiger partial charge in [-0.3, -0.25) is 0 Å². The summed E-state index contributed by atoms with van der Waals surface area (Å²) in [6, 6.07) is 7.98. The maximum atomic E-state index is 9.36. The largest absolute Gasteiger partial charge is 0.391 e. The molecule has 0 fully saturated rings. The first kappa shape index (κ1) is 10.9. The van der Waals surface area contributed by atoms with Crippen LogP contribution in [0.25, 0.3) is 0 Å². The molecule has 0 bridgehead atoms. The normalized spacial score (nSPS) is 14.6. The fourth-order valence-electron chi connectivity index (χ4n) is 1.19. The number of benzene rings is 1. The minimum absolute atomic E-state index is 0.0458. The summed E-state index contributed by atoms with van der Waals surface area (Å²) in [5.41, 5.74) is 2.06. The van der Waals surface area contributed by atoms with Gasteiger partial charge in [0.1, 0.15) is 0 Å². The van der Waals surface area contributed by atoms with Crippen molar-refractivity contribution in [1.29, 1.82) is 0 Å². The summed E-state index contributed by atoms with van der Waals surface area (Å²) in [7, 11) is 1.88. The number of aliphatic hydroxyl groups excluding tert-OH is 1. The maximum Gasteiger partial charge on any atom is 0.0710 e. The zero-order valence-electron chi connectivity index (χ0n) is 8.91. The van der Waals surface area contributed by atoms with Crippen LogP contribution in [0, 0.1) is 0 Å². The Hall–Kier alpha value is -1.22. The van der Waals surface area contributed by atoms with Gasteiger partial charge in [0.25, 0.3) is 0 Å². The number of hydrogen-bond acceptors (Lipinski definition) is 3. The summed E-state index contributed by atoms with van der Waals surface area (Å²) in [5, 5.41) is 15.7. The van der Waals surface area contributed by atoms with E-state index in [1.807, 2.05) is 38.2 Å². The van der Waals surface area contributed by atoms with Crippen LogP contribution in [0.15, 0.2) is 24.3 Å². The van der Waals surface area contributed by atoms with Crippen LogP contribution in [0.5, 0.6) is 0 Å². The Morgan fingerprint density at radius 1 is 1.14 bits per heavy atom. The molecular weight excluding hydrogens is 176 g/mol. The molecule has 0 aliphatic rings. The summed E-state index contributed by atoms with van der Waals surface area (Å²) in [5.74, 6) is 0. The van der Waals surface area contributed by atoms with E-state index in [0.717, 1.165) is 11.4 Å². The van der Waals surface area contributed by atoms with Gasteiger partial charge in [0.05, 0.1) is 17.5 Å². The second-order valence-electron chi connectivity index (χ2n) is 3.47. The number of para-hydroxylation sites is 2. The second kappa shape index (κ2) is 4.86. The molecule has 14 heavy (non-hydrogen) atoms. The van der Waals surface area contributed by atoms with Crippen molar-refractivity contribution in [3.8, 4) is 0 Å². The van der Waals surface area contributed by atoms with E-state index >= 15 is 0 Å². The van der Waals surface area contributed by atoms with E-state index in [2.05, 4.69) is 10.6 Å². The van der Waals surface area contributed by atoms with Gasteiger partial charge in [0.2, 0.25) is 0 Å². The third kappa shape index (κ3) is 2.64. The van der Waals surface area contributed by atoms with E-state index in [1.165, 1.54) is 0 Å². The van der Waals surface area contributed by atoms with Gasteiger partial charge in [-0.1, -0.05) is 12.1 Å². The Balaban J connectivity index is 2.75. The number of anilines is 2. The van der Waals surface area contributed by atoms with E-state index in [4.69, 9.17) is 0 Å². The summed E-state index contributed by atoms with van der Waals surface area (Å²) in [4.78, 5) is 0. The van der Waals surface area contributed by atoms with Crippen LogP contribution < -0.4 is 10.6 Å². The fourth-order valence-corrected chi connectivity index (χ4v) is 1.19. The number of rotatable bonds is 4. The monoisotopic (exact) mass is 194 g/mol. The van der Waals surface area contributed by atoms with Crippen LogP contribution in [-0.2, 0) is 0 Å². The van der Waals surface area contributed by atoms with Crippen molar-refractivity contribution in [1.82, 2.24) is 0 Å². The van der Waals surface area contributed by atoms with Gasteiger partial charge in [0.15, 0.2) is 0 Å². The zero-order valence-corrected chi connectivity index (χ0v) is 8.91. The van der Waals surface area contributed by atoms with Crippen molar-refractivity contribution < 1.29 is 5.11 Å². The van der Waals surface area contributed by atoms with E-state index in [0.29, 0.717) is 0 Å². The highest BCUT2D eigenvalue weighted by Crippen LogP contribution is 2.21. The molecule has 0 saturated heterocycles. The SMILES string of the molecule is CNc1ccccc1NC(C)[C@@H](C)O. The topological polar surface area (TPSA) is 44.3 Å². The number of aliphatic hydroxyl groups is 1. The first-order chi connectivity index (χ1) is 6.65. The summed E-state index contributed by atoms with van der Waals surface area (Å²) >= 11 is 0. The lowest BCUT2D eigenvalue weighted by Crippen LogP contribution is -2.28. The molecule has 1 aromatic rings. The highest BCUT2D eigenvalue weighted by atomic mass is 16.3. The van der Waals surface area contributed by atoms with Crippen molar-refractivity contribution >= 4 is 11.4 Å². The van der Waals surface area contributed by atoms with Crippen LogP contribution in [0.4, 0.5) is 11.4 Å². The molecule has 0 amide bonds. The van der Waals surface area contributed by atoms with Crippen LogP contribution in [0.2, 0.25) is 0 Å². The molecule has 1 aromatic carbocycles. The molecular formula is C11H18N2O. The quantitative estimate of drug-likeness (QED) is 0.686. The van der Waals surface area contributed by atoms with Gasteiger partial charge >= 0.3 is 0 Å². The van der Waals surface area contributed by atoms with E-state index in [-0.39, 0.29) is 12.1 Å². The van der Waals surface area contributed by atoms with E-state index < -0.39 is 0 Å². The molecule has 0 heterocycles. The molecule has 0 radical (unpaired) electrons. The Morgan fingerprint density at radius 3 is 2.21 bits per heavy atom. The Kier molecular flexibility index (Phi) is 3.77. The van der Waals surface area contributed by atoms with Crippen LogP contribution in [-0.4, -0.2) is 24.3 Å². The molecule has 3 nitrogen and oxygen atoms in total. The molecule has 0 saturated carbocycles. The first-order valence-electron chi connectivity index (χ1n) is 4.86. The van der Waals surface area contributed by atoms with Crippen molar-refractivity contribution in [3.05, 3.63) is 24.3 Å². The van der Waals surface area contributed by atoms with Crippen molar-refractivity contribution in [2.75, 3.05) is 17.7 Å². The molecule has 3 N–H and O–H groups in total. The standard InChI is InChI=1S/C11H18N2O/c1-8(9(2)14)13-11-7-5-4-6-10(11)12-3/h4-9,12-14H,1-3H3/t8?,9-/m1/s1. The molecule has 0 aliphatic carbocycles. The predicted octanol–water partition coefficient (Wildman–Crippen LogP) is 1.91. The van der Waals surface area contributed by atoms with Gasteiger partial charge in [-0.05, 0) is 26.0 Å². The van der Waals surface area contributed by atoms with Gasteiger partial charge in [-0.25, -0.2) is 0 Å². The van der Waals surface area contributed by atoms with Gasteiger partial charge < -0.3 is 15.7 Å². The average molecular weight is 194 g/mol. The first-order valence-corrected chi connectivity index (χ1v) is 4.86. The summed E-state index contributed by atoms with van der Waals surface area (Å²) in [6.45, 7) is 3.73. The molecule has 3 heteroatoms. The summed E-state index contributed by atoms with van der Waals surface area (Å²) in [6.07, 6.45) is -0.361. The van der Waals surface area contributed by atoms with Crippen LogP contribution in [0.3, 0.4) is 0 Å². The molecule has 0 spiro atoms. The molecule has 1 rings (SSSR count). The fraction of sp³-hybridized carbons (Fsp3) is 0.455. The van der Waals surface area contributed by atoms with E-state index in [1.54, 1.807) is 6.92 Å². The zero-order chi connectivity index (χ0) is 10.6. The lowest BCUT2D eigenvalue weighted by atomic mass is 10.2. The highest BCUT2D eigenvalue weighted by molar-refractivity contribution is 5.68. The average Bonchev–Trinajstić information content (AvgIpc) is 2.18. The predicted molar refractivity (Wildman–Crippen MR) is 60.8 cm³/mol. The van der Waals surface area contributed by atoms with Crippen molar-refractivity contribution in [2.24, 2.45) is 0 Å². The minimum Gasteiger partial charge on any atom is -0.391 e. The smallest absolute Gasteiger partial charge is 0.0710 e. The van der Waals surface area contributed by atoms with Gasteiger partial charge in [0, 0.05) is 13.1 Å². The van der Waals surface area contributed by atoms with Gasteiger partial charge in [-0.15, -0.1) is 0 Å². The second-order valence-corrected chi connectivity index (χ2v) is 3.47. The molecule has 1 unspecified atom stereocenters.